The SMILES string of the molecule is C1C[C@@H]2O[C@H]2C[C@H]1[C@@H]1CO1. The molecule has 0 amide bonds. The fraction of sp³-hybridized carbons (Fsp3) is 1.00. The Morgan fingerprint density at radius 3 is 2.60 bits per heavy atom. The van der Waals surface area contributed by atoms with Crippen LogP contribution in [0.25, 0.3) is 0 Å². The lowest BCUT2D eigenvalue weighted by molar-refractivity contribution is 0.279. The number of epoxide rings is 2. The van der Waals surface area contributed by atoms with Gasteiger partial charge in [-0.15, -0.1) is 0 Å². The van der Waals surface area contributed by atoms with Crippen LogP contribution in [-0.2, 0) is 9.47 Å². The Balaban J connectivity index is 1.65. The van der Waals surface area contributed by atoms with Crippen molar-refractivity contribution in [2.24, 2.45) is 5.92 Å². The fourth-order valence-corrected chi connectivity index (χ4v) is 2.10. The minimum atomic E-state index is 0.616. The van der Waals surface area contributed by atoms with Crippen LogP contribution in [0.5, 0.6) is 0 Å². The van der Waals surface area contributed by atoms with Crippen molar-refractivity contribution in [3.63, 3.8) is 0 Å². The van der Waals surface area contributed by atoms with Gasteiger partial charge in [-0.25, -0.2) is 0 Å². The molecule has 1 saturated carbocycles. The van der Waals surface area contributed by atoms with E-state index in [4.69, 9.17) is 9.47 Å². The van der Waals surface area contributed by atoms with Gasteiger partial charge in [-0.05, 0) is 25.2 Å². The Kier molecular flexibility index (Phi) is 0.968. The van der Waals surface area contributed by atoms with Gasteiger partial charge >= 0.3 is 0 Å². The van der Waals surface area contributed by atoms with E-state index in [1.165, 1.54) is 19.3 Å². The van der Waals surface area contributed by atoms with Crippen LogP contribution in [0.1, 0.15) is 19.3 Å². The third-order valence-electron chi connectivity index (χ3n) is 2.93. The highest BCUT2D eigenvalue weighted by molar-refractivity contribution is 4.96. The maximum Gasteiger partial charge on any atom is 0.0845 e. The fourth-order valence-electron chi connectivity index (χ4n) is 2.10. The zero-order valence-electron chi connectivity index (χ0n) is 5.95. The van der Waals surface area contributed by atoms with Crippen LogP contribution < -0.4 is 0 Å². The third-order valence-corrected chi connectivity index (χ3v) is 2.93. The van der Waals surface area contributed by atoms with E-state index in [-0.39, 0.29) is 0 Å². The first kappa shape index (κ1) is 5.56. The van der Waals surface area contributed by atoms with Crippen molar-refractivity contribution >= 4 is 0 Å². The van der Waals surface area contributed by atoms with E-state index in [9.17, 15) is 0 Å². The standard InChI is InChI=1S/C8H12O2/c1-2-6-7(10-6)3-5(1)8-4-9-8/h5-8H,1-4H2/t5-,6-,7-,8-/m0/s1. The van der Waals surface area contributed by atoms with E-state index in [0.717, 1.165) is 12.5 Å². The number of ether oxygens (including phenoxy) is 2. The summed E-state index contributed by atoms with van der Waals surface area (Å²) < 4.78 is 10.7. The summed E-state index contributed by atoms with van der Waals surface area (Å²) in [5.41, 5.74) is 0. The van der Waals surface area contributed by atoms with E-state index in [0.29, 0.717) is 18.3 Å². The summed E-state index contributed by atoms with van der Waals surface area (Å²) in [4.78, 5) is 0. The molecule has 3 fully saturated rings. The monoisotopic (exact) mass is 140 g/mol. The molecule has 2 heteroatoms. The van der Waals surface area contributed by atoms with Gasteiger partial charge in [0.1, 0.15) is 0 Å². The van der Waals surface area contributed by atoms with Crippen molar-refractivity contribution in [3.8, 4) is 0 Å². The average Bonchev–Trinajstić information content (AvgIpc) is 2.83. The zero-order chi connectivity index (χ0) is 6.55. The lowest BCUT2D eigenvalue weighted by Crippen LogP contribution is -2.17. The van der Waals surface area contributed by atoms with Gasteiger partial charge in [0, 0.05) is 0 Å². The van der Waals surface area contributed by atoms with Crippen LogP contribution >= 0.6 is 0 Å². The summed E-state index contributed by atoms with van der Waals surface area (Å²) >= 11 is 0. The van der Waals surface area contributed by atoms with Crippen molar-refractivity contribution in [2.45, 2.75) is 37.6 Å². The second kappa shape index (κ2) is 1.74. The normalized spacial score (nSPS) is 57.6. The van der Waals surface area contributed by atoms with Gasteiger partial charge in [0.05, 0.1) is 24.9 Å². The lowest BCUT2D eigenvalue weighted by Gasteiger charge is -2.15. The summed E-state index contributed by atoms with van der Waals surface area (Å²) in [5, 5.41) is 0. The molecule has 0 N–H and O–H groups in total. The molecule has 10 heavy (non-hydrogen) atoms. The van der Waals surface area contributed by atoms with E-state index >= 15 is 0 Å². The number of hydrogen-bond acceptors (Lipinski definition) is 2. The van der Waals surface area contributed by atoms with Gasteiger partial charge in [0.2, 0.25) is 0 Å². The third kappa shape index (κ3) is 0.789. The Morgan fingerprint density at radius 2 is 1.90 bits per heavy atom. The van der Waals surface area contributed by atoms with Gasteiger partial charge < -0.3 is 9.47 Å². The van der Waals surface area contributed by atoms with Crippen LogP contribution in [-0.4, -0.2) is 24.9 Å². The predicted molar refractivity (Wildman–Crippen MR) is 35.7 cm³/mol. The Labute approximate surface area is 60.5 Å². The maximum absolute atomic E-state index is 5.43. The van der Waals surface area contributed by atoms with Gasteiger partial charge in [-0.3, -0.25) is 0 Å². The molecule has 2 nitrogen and oxygen atoms in total. The second-order valence-corrected chi connectivity index (χ2v) is 3.66. The molecule has 3 aliphatic rings. The molecule has 0 unspecified atom stereocenters. The Hall–Kier alpha value is -0.0800. The minimum Gasteiger partial charge on any atom is -0.373 e. The molecule has 0 spiro atoms. The highest BCUT2D eigenvalue weighted by Gasteiger charge is 2.48. The molecular formula is C8H12O2. The quantitative estimate of drug-likeness (QED) is 0.507. The molecule has 2 aliphatic heterocycles. The van der Waals surface area contributed by atoms with Crippen molar-refractivity contribution in [3.05, 3.63) is 0 Å². The van der Waals surface area contributed by atoms with E-state index < -0.39 is 0 Å². The molecule has 0 bridgehead atoms. The lowest BCUT2D eigenvalue weighted by atomic mass is 9.87. The van der Waals surface area contributed by atoms with Crippen LogP contribution in [0, 0.1) is 5.92 Å². The first-order valence-corrected chi connectivity index (χ1v) is 4.20. The highest BCUT2D eigenvalue weighted by atomic mass is 16.6. The number of rotatable bonds is 1. The predicted octanol–water partition coefficient (Wildman–Crippen LogP) is 0.953. The first-order chi connectivity index (χ1) is 4.93. The van der Waals surface area contributed by atoms with Gasteiger partial charge in [0.25, 0.3) is 0 Å². The summed E-state index contributed by atoms with van der Waals surface area (Å²) in [6.45, 7) is 1.02. The van der Waals surface area contributed by atoms with Crippen LogP contribution in [0.3, 0.4) is 0 Å². The smallest absolute Gasteiger partial charge is 0.0845 e. The minimum absolute atomic E-state index is 0.616. The molecule has 0 aromatic rings. The van der Waals surface area contributed by atoms with Gasteiger partial charge in [-0.2, -0.15) is 0 Å². The van der Waals surface area contributed by atoms with E-state index in [2.05, 4.69) is 0 Å². The van der Waals surface area contributed by atoms with Crippen LogP contribution in [0.4, 0.5) is 0 Å². The molecule has 0 aromatic heterocycles. The van der Waals surface area contributed by atoms with Gasteiger partial charge in [-0.1, -0.05) is 0 Å². The Bertz CT molecular complexity index is 153. The molecule has 4 atom stereocenters. The molecule has 3 rings (SSSR count). The molecular weight excluding hydrogens is 128 g/mol. The summed E-state index contributed by atoms with van der Waals surface area (Å²) in [6.07, 6.45) is 5.79. The molecule has 2 heterocycles. The van der Waals surface area contributed by atoms with E-state index in [1.807, 2.05) is 0 Å². The Morgan fingerprint density at radius 1 is 1.00 bits per heavy atom. The molecule has 2 saturated heterocycles. The van der Waals surface area contributed by atoms with Crippen LogP contribution in [0.15, 0.2) is 0 Å². The van der Waals surface area contributed by atoms with E-state index in [1.54, 1.807) is 0 Å². The number of fused-ring (bicyclic) bond motifs is 1. The second-order valence-electron chi connectivity index (χ2n) is 3.66. The summed E-state index contributed by atoms with van der Waals surface area (Å²) in [6, 6.07) is 0. The van der Waals surface area contributed by atoms with Crippen molar-refractivity contribution in [1.29, 1.82) is 0 Å². The average molecular weight is 140 g/mol. The van der Waals surface area contributed by atoms with Crippen molar-refractivity contribution in [1.82, 2.24) is 0 Å². The maximum atomic E-state index is 5.43. The van der Waals surface area contributed by atoms with Crippen LogP contribution in [0.2, 0.25) is 0 Å². The number of hydrogen-bond donors (Lipinski definition) is 0. The highest BCUT2D eigenvalue weighted by Crippen LogP contribution is 2.43. The summed E-state index contributed by atoms with van der Waals surface area (Å²) in [5.74, 6) is 0.837. The zero-order valence-corrected chi connectivity index (χ0v) is 5.95. The van der Waals surface area contributed by atoms with Crippen molar-refractivity contribution < 1.29 is 9.47 Å². The molecule has 1 aliphatic carbocycles. The van der Waals surface area contributed by atoms with Gasteiger partial charge in [0.15, 0.2) is 0 Å². The topological polar surface area (TPSA) is 25.1 Å². The molecule has 56 valence electrons. The first-order valence-electron chi connectivity index (χ1n) is 4.20. The molecule has 0 aromatic carbocycles. The summed E-state index contributed by atoms with van der Waals surface area (Å²) in [7, 11) is 0. The van der Waals surface area contributed by atoms with Crippen molar-refractivity contribution in [2.75, 3.05) is 6.61 Å². The molecule has 0 radical (unpaired) electrons. The largest absolute Gasteiger partial charge is 0.373 e.